The van der Waals surface area contributed by atoms with Crippen LogP contribution < -0.4 is 10.6 Å². The van der Waals surface area contributed by atoms with E-state index in [1.54, 1.807) is 36.4 Å². The first-order valence-electron chi connectivity index (χ1n) is 11.3. The Kier molecular flexibility index (Phi) is 10.1. The van der Waals surface area contributed by atoms with Gasteiger partial charge in [0.1, 0.15) is 22.4 Å². The van der Waals surface area contributed by atoms with Gasteiger partial charge in [-0.15, -0.1) is 23.2 Å². The number of H-pyrrole nitrogens is 1. The van der Waals surface area contributed by atoms with Gasteiger partial charge in [0.2, 0.25) is 11.9 Å². The molecule has 0 fully saturated rings. The van der Waals surface area contributed by atoms with E-state index in [9.17, 15) is 14.0 Å². The van der Waals surface area contributed by atoms with Gasteiger partial charge in [-0.25, -0.2) is 4.98 Å². The monoisotopic (exact) mass is 555 g/mol. The molecule has 194 valence electrons. The highest BCUT2D eigenvalue weighted by atomic mass is 35.5. The maximum absolute atomic E-state index is 14.8. The van der Waals surface area contributed by atoms with Crippen LogP contribution in [0, 0.1) is 19.8 Å². The first-order valence-corrected chi connectivity index (χ1v) is 13.6. The van der Waals surface area contributed by atoms with Crippen molar-refractivity contribution in [1.29, 1.82) is 0 Å². The third-order valence-corrected chi connectivity index (χ3v) is 6.52. The van der Waals surface area contributed by atoms with Crippen molar-refractivity contribution in [3.8, 4) is 11.1 Å². The van der Waals surface area contributed by atoms with E-state index >= 15 is 0 Å². The van der Waals surface area contributed by atoms with Crippen LogP contribution in [0.1, 0.15) is 41.1 Å². The number of carbonyl (C=O) groups is 2. The quantitative estimate of drug-likeness (QED) is 0.224. The smallest absolute Gasteiger partial charge is 0.270 e. The predicted molar refractivity (Wildman–Crippen MR) is 141 cm³/mol. The van der Waals surface area contributed by atoms with Crippen LogP contribution in [0.15, 0.2) is 24.4 Å². The maximum Gasteiger partial charge on any atom is 0.270 e. The minimum atomic E-state index is -0.920. The number of aromatic nitrogens is 5. The van der Waals surface area contributed by atoms with Crippen molar-refractivity contribution in [2.75, 3.05) is 17.3 Å². The second-order valence-corrected chi connectivity index (χ2v) is 10.4. The second-order valence-electron chi connectivity index (χ2n) is 8.11. The molecule has 2 amide bonds. The van der Waals surface area contributed by atoms with Gasteiger partial charge in [-0.2, -0.15) is 26.3 Å². The summed E-state index contributed by atoms with van der Waals surface area (Å²) in [5.74, 6) is -0.913. The molecule has 0 aliphatic heterocycles. The zero-order chi connectivity index (χ0) is 26.2. The zero-order valence-electron chi connectivity index (χ0n) is 20.1. The maximum atomic E-state index is 14.8. The molecular formula is C23H28Cl2FN7O2S. The number of aromatic amines is 1. The summed E-state index contributed by atoms with van der Waals surface area (Å²) in [7, 11) is 0. The average molecular weight is 556 g/mol. The number of nitrogens with zero attached hydrogens (tertiary/aromatic N) is 4. The lowest BCUT2D eigenvalue weighted by Crippen LogP contribution is -2.44. The molecule has 3 rings (SSSR count). The van der Waals surface area contributed by atoms with E-state index in [0.29, 0.717) is 42.0 Å². The van der Waals surface area contributed by atoms with E-state index in [2.05, 4.69) is 30.9 Å². The predicted octanol–water partition coefficient (Wildman–Crippen LogP) is 4.50. The zero-order valence-corrected chi connectivity index (χ0v) is 22.5. The molecule has 0 aliphatic rings. The standard InChI is InChI=1S/C23H28Cl2FN7O2S/c1-13-20(14(2)32-31-13)15-7-8-19(29-21(15)26)30-22(34)16(5-4-6-18(24)25)28-23(35)17-9-10-27-33(17)11-12-36-3/h7-10,16,18H,4-6,11-12H2,1-3H3,(H,28,35)(H,31,32)(H,29,30,34)/t16-/m0/s1. The molecule has 36 heavy (non-hydrogen) atoms. The molecule has 13 heteroatoms. The number of thioether (sulfide) groups is 1. The van der Waals surface area contributed by atoms with Crippen molar-refractivity contribution >= 4 is 52.6 Å². The third kappa shape index (κ3) is 7.21. The van der Waals surface area contributed by atoms with E-state index in [-0.39, 0.29) is 17.8 Å². The Morgan fingerprint density at radius 2 is 2.00 bits per heavy atom. The largest absolute Gasteiger partial charge is 0.339 e. The molecular weight excluding hydrogens is 528 g/mol. The molecule has 0 bridgehead atoms. The van der Waals surface area contributed by atoms with E-state index < -0.39 is 28.6 Å². The molecule has 3 N–H and O–H groups in total. The van der Waals surface area contributed by atoms with Crippen molar-refractivity contribution in [2.24, 2.45) is 0 Å². The molecule has 0 aromatic carbocycles. The minimum absolute atomic E-state index is 0.0249. The van der Waals surface area contributed by atoms with Crippen LogP contribution in [-0.2, 0) is 11.3 Å². The van der Waals surface area contributed by atoms with Gasteiger partial charge >= 0.3 is 0 Å². The van der Waals surface area contributed by atoms with Gasteiger partial charge in [-0.3, -0.25) is 19.4 Å². The van der Waals surface area contributed by atoms with E-state index in [4.69, 9.17) is 23.2 Å². The first kappa shape index (κ1) is 27.9. The number of rotatable bonds is 12. The first-order chi connectivity index (χ1) is 17.2. The van der Waals surface area contributed by atoms with Crippen LogP contribution in [-0.4, -0.2) is 59.7 Å². The van der Waals surface area contributed by atoms with Gasteiger partial charge in [-0.1, -0.05) is 0 Å². The van der Waals surface area contributed by atoms with Crippen LogP contribution in [0.2, 0.25) is 0 Å². The normalized spacial score (nSPS) is 12.1. The van der Waals surface area contributed by atoms with Crippen molar-refractivity contribution in [2.45, 2.75) is 50.5 Å². The van der Waals surface area contributed by atoms with Crippen LogP contribution in [0.25, 0.3) is 11.1 Å². The van der Waals surface area contributed by atoms with Gasteiger partial charge in [0.25, 0.3) is 5.91 Å². The molecule has 3 aromatic heterocycles. The van der Waals surface area contributed by atoms with E-state index in [0.717, 1.165) is 5.75 Å². The topological polar surface area (TPSA) is 118 Å². The fourth-order valence-electron chi connectivity index (χ4n) is 3.71. The lowest BCUT2D eigenvalue weighted by molar-refractivity contribution is -0.118. The van der Waals surface area contributed by atoms with Gasteiger partial charge < -0.3 is 10.6 Å². The summed E-state index contributed by atoms with van der Waals surface area (Å²) >= 11 is 13.3. The number of anilines is 1. The van der Waals surface area contributed by atoms with Crippen LogP contribution in [0.4, 0.5) is 10.2 Å². The van der Waals surface area contributed by atoms with Crippen molar-refractivity contribution in [1.82, 2.24) is 30.3 Å². The Morgan fingerprint density at radius 3 is 2.64 bits per heavy atom. The van der Waals surface area contributed by atoms with Crippen molar-refractivity contribution in [3.63, 3.8) is 0 Å². The Balaban J connectivity index is 1.75. The summed E-state index contributed by atoms with van der Waals surface area (Å²) in [5.41, 5.74) is 2.59. The lowest BCUT2D eigenvalue weighted by Gasteiger charge is -2.19. The SMILES string of the molecule is CSCCn1nccc1C(=O)N[C@@H](CCCC(Cl)Cl)C(=O)Nc1ccc(-c2c(C)n[nH]c2C)c(F)n1. The number of carbonyl (C=O) groups excluding carboxylic acids is 2. The van der Waals surface area contributed by atoms with Crippen LogP contribution in [0.3, 0.4) is 0 Å². The molecule has 0 saturated carbocycles. The van der Waals surface area contributed by atoms with E-state index in [1.165, 1.54) is 18.3 Å². The Hall–Kier alpha value is -2.63. The highest BCUT2D eigenvalue weighted by Crippen LogP contribution is 2.28. The summed E-state index contributed by atoms with van der Waals surface area (Å²) in [4.78, 5) is 29.4. The van der Waals surface area contributed by atoms with Gasteiger partial charge in [-0.05, 0) is 57.6 Å². The van der Waals surface area contributed by atoms with Gasteiger partial charge in [0.05, 0.1) is 12.2 Å². The molecule has 0 spiro atoms. The Morgan fingerprint density at radius 1 is 1.22 bits per heavy atom. The number of alkyl halides is 2. The minimum Gasteiger partial charge on any atom is -0.339 e. The molecule has 0 aliphatic carbocycles. The second kappa shape index (κ2) is 13.1. The summed E-state index contributed by atoms with van der Waals surface area (Å²) in [6.45, 7) is 4.11. The fourth-order valence-corrected chi connectivity index (χ4v) is 4.37. The van der Waals surface area contributed by atoms with Crippen molar-refractivity contribution in [3.05, 3.63) is 47.4 Å². The van der Waals surface area contributed by atoms with Crippen molar-refractivity contribution < 1.29 is 14.0 Å². The molecule has 0 unspecified atom stereocenters. The number of amides is 2. The van der Waals surface area contributed by atoms with Crippen LogP contribution in [0.5, 0.6) is 0 Å². The number of aryl methyl sites for hydroxylation is 3. The third-order valence-electron chi connectivity index (χ3n) is 5.49. The van der Waals surface area contributed by atoms with Gasteiger partial charge in [0, 0.05) is 28.8 Å². The number of halogens is 3. The number of pyridine rings is 1. The highest BCUT2D eigenvalue weighted by Gasteiger charge is 2.24. The summed E-state index contributed by atoms with van der Waals surface area (Å²) < 4.78 is 16.4. The number of nitrogens with one attached hydrogen (secondary N) is 3. The molecule has 1 atom stereocenters. The van der Waals surface area contributed by atoms with Crippen LogP contribution >= 0.6 is 35.0 Å². The summed E-state index contributed by atoms with van der Waals surface area (Å²) in [5, 5.41) is 16.4. The molecule has 0 radical (unpaired) electrons. The highest BCUT2D eigenvalue weighted by molar-refractivity contribution is 7.98. The molecule has 0 saturated heterocycles. The molecule has 3 aromatic rings. The average Bonchev–Trinajstić information content (AvgIpc) is 3.43. The van der Waals surface area contributed by atoms with Gasteiger partial charge in [0.15, 0.2) is 0 Å². The van der Waals surface area contributed by atoms with E-state index in [1.807, 2.05) is 6.26 Å². The lowest BCUT2D eigenvalue weighted by atomic mass is 10.1. The molecule has 9 nitrogen and oxygen atoms in total. The Labute approximate surface area is 222 Å². The molecule has 3 heterocycles. The number of hydrogen-bond donors (Lipinski definition) is 3. The Bertz CT molecular complexity index is 1180. The summed E-state index contributed by atoms with van der Waals surface area (Å²) in [6.07, 6.45) is 4.71. The summed E-state index contributed by atoms with van der Waals surface area (Å²) in [6, 6.07) is 3.71. The fraction of sp³-hybridized carbons (Fsp3) is 0.435. The number of hydrogen-bond acceptors (Lipinski definition) is 6.